The van der Waals surface area contributed by atoms with Gasteiger partial charge >= 0.3 is 0 Å². The lowest BCUT2D eigenvalue weighted by atomic mass is 10.1. The summed E-state index contributed by atoms with van der Waals surface area (Å²) in [5.41, 5.74) is 2.17. The Morgan fingerprint density at radius 2 is 2.14 bits per heavy atom. The van der Waals surface area contributed by atoms with Crippen molar-refractivity contribution < 1.29 is 20.1 Å². The van der Waals surface area contributed by atoms with Gasteiger partial charge in [-0.05, 0) is 0 Å². The van der Waals surface area contributed by atoms with Crippen LogP contribution in [0.5, 0.6) is 0 Å². The van der Waals surface area contributed by atoms with Gasteiger partial charge in [0.2, 0.25) is 0 Å². The molecule has 0 bridgehead atoms. The molecule has 0 amide bonds. The van der Waals surface area contributed by atoms with E-state index in [9.17, 15) is 10.2 Å². The zero-order valence-corrected chi connectivity index (χ0v) is 11.5. The predicted octanol–water partition coefficient (Wildman–Crippen LogP) is -1.19. The first-order valence-electron chi connectivity index (χ1n) is 6.17. The molecule has 3 heterocycles. The number of anilines is 1. The van der Waals surface area contributed by atoms with E-state index in [2.05, 4.69) is 20.3 Å². The van der Waals surface area contributed by atoms with E-state index in [1.807, 2.05) is 0 Å². The second-order valence-electron chi connectivity index (χ2n) is 4.54. The molecular formula is C11H13N5O4S. The Labute approximate surface area is 124 Å². The number of aromatic nitrogens is 4. The maximum atomic E-state index is 10.0. The summed E-state index contributed by atoms with van der Waals surface area (Å²) >= 11 is 4.72. The standard InChI is InChI=1S/C11H13N5O4S/c17-1-5-7(18)8(19)11(20-5)16-3-14-6-9(15-4-21)12-2-13-10(6)16/h2-5,7-8,11,17-19H,1H2,(H,12,13,15,21)/t5-,7?,8?,11-/m1/s1. The number of thiocarbonyl (C=S) groups is 1. The third-order valence-corrected chi connectivity index (χ3v) is 3.46. The Bertz CT molecular complexity index is 665. The molecule has 4 atom stereocenters. The Morgan fingerprint density at radius 3 is 2.81 bits per heavy atom. The van der Waals surface area contributed by atoms with Crippen LogP contribution in [0.25, 0.3) is 11.2 Å². The molecule has 0 radical (unpaired) electrons. The summed E-state index contributed by atoms with van der Waals surface area (Å²) in [7, 11) is 0. The minimum Gasteiger partial charge on any atom is -0.394 e. The van der Waals surface area contributed by atoms with Gasteiger partial charge in [0, 0.05) is 0 Å². The molecule has 9 nitrogen and oxygen atoms in total. The molecule has 112 valence electrons. The molecule has 1 fully saturated rings. The molecule has 21 heavy (non-hydrogen) atoms. The highest BCUT2D eigenvalue weighted by atomic mass is 32.1. The van der Waals surface area contributed by atoms with Crippen LogP contribution in [0.3, 0.4) is 0 Å². The number of ether oxygens (including phenoxy) is 1. The smallest absolute Gasteiger partial charge is 0.167 e. The van der Waals surface area contributed by atoms with Gasteiger partial charge < -0.3 is 25.4 Å². The fraction of sp³-hybridized carbons (Fsp3) is 0.455. The highest BCUT2D eigenvalue weighted by molar-refractivity contribution is 7.79. The van der Waals surface area contributed by atoms with Crippen molar-refractivity contribution >= 4 is 34.7 Å². The number of aliphatic hydroxyl groups is 3. The third-order valence-electron chi connectivity index (χ3n) is 3.35. The first kappa shape index (κ1) is 14.2. The monoisotopic (exact) mass is 311 g/mol. The summed E-state index contributed by atoms with van der Waals surface area (Å²) in [6, 6.07) is 0. The van der Waals surface area contributed by atoms with Crippen LogP contribution in [0.2, 0.25) is 0 Å². The average molecular weight is 311 g/mol. The number of nitrogens with zero attached hydrogens (tertiary/aromatic N) is 4. The fourth-order valence-electron chi connectivity index (χ4n) is 2.31. The number of hydrogen-bond donors (Lipinski definition) is 4. The van der Waals surface area contributed by atoms with E-state index in [1.54, 1.807) is 0 Å². The van der Waals surface area contributed by atoms with Gasteiger partial charge in [-0.1, -0.05) is 12.2 Å². The highest BCUT2D eigenvalue weighted by Crippen LogP contribution is 2.31. The Hall–Kier alpha value is -1.72. The van der Waals surface area contributed by atoms with Crippen molar-refractivity contribution in [2.75, 3.05) is 11.9 Å². The van der Waals surface area contributed by atoms with Crippen molar-refractivity contribution in [2.45, 2.75) is 24.5 Å². The fourth-order valence-corrected chi connectivity index (χ4v) is 2.42. The number of aliphatic hydroxyl groups excluding tert-OH is 3. The minimum atomic E-state index is -1.20. The van der Waals surface area contributed by atoms with Crippen LogP contribution in [0, 0.1) is 0 Å². The largest absolute Gasteiger partial charge is 0.394 e. The first-order valence-corrected chi connectivity index (χ1v) is 6.64. The topological polar surface area (TPSA) is 126 Å². The van der Waals surface area contributed by atoms with Gasteiger partial charge in [-0.15, -0.1) is 0 Å². The zero-order valence-electron chi connectivity index (χ0n) is 10.7. The molecule has 0 saturated carbocycles. The third kappa shape index (κ3) is 2.26. The Morgan fingerprint density at radius 1 is 1.33 bits per heavy atom. The van der Waals surface area contributed by atoms with Crippen LogP contribution in [0.1, 0.15) is 6.23 Å². The van der Waals surface area contributed by atoms with Gasteiger partial charge in [0.1, 0.15) is 24.6 Å². The molecule has 0 aliphatic carbocycles. The van der Waals surface area contributed by atoms with Gasteiger partial charge in [-0.25, -0.2) is 15.0 Å². The van der Waals surface area contributed by atoms with E-state index >= 15 is 0 Å². The van der Waals surface area contributed by atoms with E-state index in [-0.39, 0.29) is 0 Å². The lowest BCUT2D eigenvalue weighted by Gasteiger charge is -2.16. The lowest BCUT2D eigenvalue weighted by molar-refractivity contribution is -0.0511. The van der Waals surface area contributed by atoms with Crippen molar-refractivity contribution in [1.29, 1.82) is 0 Å². The quantitative estimate of drug-likeness (QED) is 0.515. The van der Waals surface area contributed by atoms with Crippen LogP contribution in [-0.4, -0.2) is 65.2 Å². The zero-order chi connectivity index (χ0) is 15.0. The van der Waals surface area contributed by atoms with E-state index < -0.39 is 31.1 Å². The molecular weight excluding hydrogens is 298 g/mol. The van der Waals surface area contributed by atoms with Gasteiger partial charge in [-0.2, -0.15) is 0 Å². The van der Waals surface area contributed by atoms with E-state index in [0.29, 0.717) is 17.0 Å². The predicted molar refractivity (Wildman–Crippen MR) is 75.6 cm³/mol. The number of hydrogen-bond acceptors (Lipinski definition) is 8. The van der Waals surface area contributed by atoms with E-state index in [0.717, 1.165) is 0 Å². The van der Waals surface area contributed by atoms with Crippen molar-refractivity contribution in [1.82, 2.24) is 19.5 Å². The first-order chi connectivity index (χ1) is 10.2. The number of imidazole rings is 1. The minimum absolute atomic E-state index is 0.395. The summed E-state index contributed by atoms with van der Waals surface area (Å²) in [6.07, 6.45) is -1.38. The Balaban J connectivity index is 2.02. The second kappa shape index (κ2) is 5.58. The number of rotatable bonds is 4. The van der Waals surface area contributed by atoms with Crippen molar-refractivity contribution in [2.24, 2.45) is 0 Å². The van der Waals surface area contributed by atoms with E-state index in [4.69, 9.17) is 22.1 Å². The second-order valence-corrected chi connectivity index (χ2v) is 4.77. The maximum absolute atomic E-state index is 10.0. The van der Waals surface area contributed by atoms with Crippen LogP contribution in [0.4, 0.5) is 5.82 Å². The van der Waals surface area contributed by atoms with Crippen LogP contribution in [-0.2, 0) is 4.74 Å². The van der Waals surface area contributed by atoms with Crippen molar-refractivity contribution in [3.8, 4) is 0 Å². The summed E-state index contributed by atoms with van der Waals surface area (Å²) in [5.74, 6) is 0.431. The van der Waals surface area contributed by atoms with Gasteiger partial charge in [0.15, 0.2) is 23.2 Å². The molecule has 2 aromatic rings. The van der Waals surface area contributed by atoms with Crippen molar-refractivity contribution in [3.05, 3.63) is 12.7 Å². The summed E-state index contributed by atoms with van der Waals surface area (Å²) in [5, 5.41) is 31.7. The Kier molecular flexibility index (Phi) is 3.78. The molecule has 2 unspecified atom stereocenters. The number of nitrogens with one attached hydrogen (secondary N) is 1. The number of fused-ring (bicyclic) bond motifs is 1. The molecule has 0 spiro atoms. The van der Waals surface area contributed by atoms with Gasteiger partial charge in [0.25, 0.3) is 0 Å². The average Bonchev–Trinajstić information content (AvgIpc) is 3.03. The van der Waals surface area contributed by atoms with Crippen LogP contribution in [0.15, 0.2) is 12.7 Å². The summed E-state index contributed by atoms with van der Waals surface area (Å²) in [4.78, 5) is 12.3. The molecule has 2 aromatic heterocycles. The van der Waals surface area contributed by atoms with Crippen molar-refractivity contribution in [3.63, 3.8) is 0 Å². The van der Waals surface area contributed by atoms with E-state index in [1.165, 1.54) is 22.7 Å². The molecule has 4 N–H and O–H groups in total. The molecule has 1 aliphatic heterocycles. The summed E-state index contributed by atoms with van der Waals surface area (Å²) in [6.45, 7) is -0.395. The maximum Gasteiger partial charge on any atom is 0.167 e. The molecule has 1 saturated heterocycles. The summed E-state index contributed by atoms with van der Waals surface area (Å²) < 4.78 is 6.93. The molecule has 10 heteroatoms. The van der Waals surface area contributed by atoms with Gasteiger partial charge in [0.05, 0.1) is 18.4 Å². The lowest BCUT2D eigenvalue weighted by Crippen LogP contribution is -2.33. The SMILES string of the molecule is OC[C@H]1O[C@@H](n2cnc3c(NC=S)ncnc32)C(O)C1O. The molecule has 3 rings (SSSR count). The normalized spacial score (nSPS) is 28.9. The van der Waals surface area contributed by atoms with Gasteiger partial charge in [-0.3, -0.25) is 4.57 Å². The molecule has 1 aliphatic rings. The van der Waals surface area contributed by atoms with Crippen LogP contribution >= 0.6 is 12.2 Å². The highest BCUT2D eigenvalue weighted by Gasteiger charge is 2.43. The van der Waals surface area contributed by atoms with Crippen LogP contribution < -0.4 is 5.32 Å². The molecule has 0 aromatic carbocycles.